The molecule has 0 aromatic rings. The van der Waals surface area contributed by atoms with Crippen molar-refractivity contribution in [3.05, 3.63) is 0 Å². The summed E-state index contributed by atoms with van der Waals surface area (Å²) in [4.78, 5) is 11.1. The number of carbonyl (C=O) groups is 1. The second-order valence-corrected chi connectivity index (χ2v) is 4.90. The summed E-state index contributed by atoms with van der Waals surface area (Å²) in [5.74, 6) is 0.759. The van der Waals surface area contributed by atoms with Crippen LogP contribution in [0.3, 0.4) is 0 Å². The SMILES string of the molecule is COC(=O)C(C)CSC1CCOCC1. The van der Waals surface area contributed by atoms with Gasteiger partial charge in [-0.15, -0.1) is 0 Å². The second kappa shape index (κ2) is 6.30. The molecule has 0 aromatic heterocycles. The highest BCUT2D eigenvalue weighted by Gasteiger charge is 2.18. The van der Waals surface area contributed by atoms with Gasteiger partial charge in [0.2, 0.25) is 0 Å². The average molecular weight is 218 g/mol. The number of esters is 1. The van der Waals surface area contributed by atoms with Crippen LogP contribution in [0.1, 0.15) is 19.8 Å². The highest BCUT2D eigenvalue weighted by Crippen LogP contribution is 2.24. The zero-order chi connectivity index (χ0) is 10.4. The summed E-state index contributed by atoms with van der Waals surface area (Å²) in [5.41, 5.74) is 0. The zero-order valence-electron chi connectivity index (χ0n) is 8.82. The number of hydrogen-bond acceptors (Lipinski definition) is 4. The lowest BCUT2D eigenvalue weighted by atomic mass is 10.2. The maximum Gasteiger partial charge on any atom is 0.309 e. The fourth-order valence-electron chi connectivity index (χ4n) is 1.39. The van der Waals surface area contributed by atoms with E-state index in [1.807, 2.05) is 18.7 Å². The van der Waals surface area contributed by atoms with Crippen molar-refractivity contribution in [3.63, 3.8) is 0 Å². The Balaban J connectivity index is 2.15. The van der Waals surface area contributed by atoms with E-state index < -0.39 is 0 Å². The van der Waals surface area contributed by atoms with E-state index >= 15 is 0 Å². The van der Waals surface area contributed by atoms with E-state index in [4.69, 9.17) is 4.74 Å². The summed E-state index contributed by atoms with van der Waals surface area (Å²) in [5, 5.41) is 0.663. The maximum atomic E-state index is 11.1. The molecule has 3 nitrogen and oxygen atoms in total. The Hall–Kier alpha value is -0.220. The molecule has 0 radical (unpaired) electrons. The van der Waals surface area contributed by atoms with Crippen LogP contribution in [0.4, 0.5) is 0 Å². The van der Waals surface area contributed by atoms with E-state index in [0.29, 0.717) is 5.25 Å². The van der Waals surface area contributed by atoms with Gasteiger partial charge < -0.3 is 9.47 Å². The molecule has 1 fully saturated rings. The number of carbonyl (C=O) groups excluding carboxylic acids is 1. The van der Waals surface area contributed by atoms with E-state index in [9.17, 15) is 4.79 Å². The van der Waals surface area contributed by atoms with E-state index in [-0.39, 0.29) is 11.9 Å². The standard InChI is InChI=1S/C10H18O3S/c1-8(10(11)12-2)7-14-9-3-5-13-6-4-9/h8-9H,3-7H2,1-2H3. The molecule has 14 heavy (non-hydrogen) atoms. The van der Waals surface area contributed by atoms with Gasteiger partial charge in [0.25, 0.3) is 0 Å². The Morgan fingerprint density at radius 3 is 2.79 bits per heavy atom. The molecule has 0 bridgehead atoms. The third-order valence-electron chi connectivity index (χ3n) is 2.35. The van der Waals surface area contributed by atoms with Crippen molar-refractivity contribution in [1.82, 2.24) is 0 Å². The van der Waals surface area contributed by atoms with Crippen molar-refractivity contribution in [2.75, 3.05) is 26.1 Å². The minimum absolute atomic E-state index is 0.00726. The molecular formula is C10H18O3S. The predicted molar refractivity (Wildman–Crippen MR) is 57.5 cm³/mol. The minimum Gasteiger partial charge on any atom is -0.469 e. The minimum atomic E-state index is -0.107. The highest BCUT2D eigenvalue weighted by molar-refractivity contribution is 7.99. The summed E-state index contributed by atoms with van der Waals surface area (Å²) >= 11 is 1.87. The molecule has 82 valence electrons. The maximum absolute atomic E-state index is 11.1. The van der Waals surface area contributed by atoms with Crippen molar-refractivity contribution in [1.29, 1.82) is 0 Å². The van der Waals surface area contributed by atoms with Crippen LogP contribution in [-0.2, 0) is 14.3 Å². The Morgan fingerprint density at radius 1 is 1.57 bits per heavy atom. The first-order chi connectivity index (χ1) is 6.74. The lowest BCUT2D eigenvalue weighted by molar-refractivity contribution is -0.143. The molecule has 4 heteroatoms. The third kappa shape index (κ3) is 3.88. The van der Waals surface area contributed by atoms with E-state index in [1.165, 1.54) is 7.11 Å². The monoisotopic (exact) mass is 218 g/mol. The molecule has 0 amide bonds. The fourth-order valence-corrected chi connectivity index (χ4v) is 2.61. The highest BCUT2D eigenvalue weighted by atomic mass is 32.2. The van der Waals surface area contributed by atoms with Crippen molar-refractivity contribution in [2.45, 2.75) is 25.0 Å². The molecule has 1 aliphatic heterocycles. The normalized spacial score (nSPS) is 20.4. The summed E-state index contributed by atoms with van der Waals surface area (Å²) in [6, 6.07) is 0. The number of methoxy groups -OCH3 is 1. The van der Waals surface area contributed by atoms with E-state index in [0.717, 1.165) is 31.8 Å². The molecule has 0 spiro atoms. The van der Waals surface area contributed by atoms with E-state index in [2.05, 4.69) is 4.74 Å². The van der Waals surface area contributed by atoms with Crippen LogP contribution < -0.4 is 0 Å². The molecule has 1 aliphatic rings. The number of rotatable bonds is 4. The first kappa shape index (κ1) is 11.9. The van der Waals surface area contributed by atoms with Crippen molar-refractivity contribution in [2.24, 2.45) is 5.92 Å². The molecule has 1 saturated heterocycles. The molecule has 1 unspecified atom stereocenters. The topological polar surface area (TPSA) is 35.5 Å². The lowest BCUT2D eigenvalue weighted by Gasteiger charge is -2.22. The molecule has 0 saturated carbocycles. The number of ether oxygens (including phenoxy) is 2. The van der Waals surface area contributed by atoms with Gasteiger partial charge in [-0.05, 0) is 12.8 Å². The Kier molecular flexibility index (Phi) is 5.33. The average Bonchev–Trinajstić information content (AvgIpc) is 2.26. The van der Waals surface area contributed by atoms with Gasteiger partial charge in [0, 0.05) is 24.2 Å². The third-order valence-corrected chi connectivity index (χ3v) is 3.99. The van der Waals surface area contributed by atoms with Crippen LogP contribution >= 0.6 is 11.8 Å². The van der Waals surface area contributed by atoms with Crippen LogP contribution in [0.5, 0.6) is 0 Å². The Bertz CT molecular complexity index is 178. The molecule has 0 aliphatic carbocycles. The van der Waals surface area contributed by atoms with Crippen LogP contribution in [0, 0.1) is 5.92 Å². The quantitative estimate of drug-likeness (QED) is 0.673. The molecule has 1 heterocycles. The summed E-state index contributed by atoms with van der Waals surface area (Å²) in [6.45, 7) is 3.65. The number of hydrogen-bond donors (Lipinski definition) is 0. The lowest BCUT2D eigenvalue weighted by Crippen LogP contribution is -2.21. The summed E-state index contributed by atoms with van der Waals surface area (Å²) in [7, 11) is 1.44. The van der Waals surface area contributed by atoms with Gasteiger partial charge in [0.1, 0.15) is 0 Å². The van der Waals surface area contributed by atoms with E-state index in [1.54, 1.807) is 0 Å². The van der Waals surface area contributed by atoms with Crippen LogP contribution in [0.25, 0.3) is 0 Å². The van der Waals surface area contributed by atoms with Gasteiger partial charge >= 0.3 is 5.97 Å². The number of thioether (sulfide) groups is 1. The van der Waals surface area contributed by atoms with Crippen LogP contribution in [0.2, 0.25) is 0 Å². The Morgan fingerprint density at radius 2 is 2.21 bits per heavy atom. The largest absolute Gasteiger partial charge is 0.469 e. The molecule has 0 N–H and O–H groups in total. The first-order valence-corrected chi connectivity index (χ1v) is 6.06. The van der Waals surface area contributed by atoms with Gasteiger partial charge in [-0.1, -0.05) is 6.92 Å². The summed E-state index contributed by atoms with van der Waals surface area (Å²) in [6.07, 6.45) is 2.22. The van der Waals surface area contributed by atoms with Gasteiger partial charge in [-0.2, -0.15) is 11.8 Å². The zero-order valence-corrected chi connectivity index (χ0v) is 9.64. The van der Waals surface area contributed by atoms with Gasteiger partial charge in [0.15, 0.2) is 0 Å². The fraction of sp³-hybridized carbons (Fsp3) is 0.900. The predicted octanol–water partition coefficient (Wildman–Crippen LogP) is 1.71. The van der Waals surface area contributed by atoms with Crippen molar-refractivity contribution < 1.29 is 14.3 Å². The molecule has 0 aromatic carbocycles. The first-order valence-electron chi connectivity index (χ1n) is 5.01. The van der Waals surface area contributed by atoms with Crippen LogP contribution in [-0.4, -0.2) is 37.3 Å². The van der Waals surface area contributed by atoms with Crippen molar-refractivity contribution >= 4 is 17.7 Å². The van der Waals surface area contributed by atoms with Gasteiger partial charge in [0.05, 0.1) is 13.0 Å². The van der Waals surface area contributed by atoms with Crippen LogP contribution in [0.15, 0.2) is 0 Å². The molecule has 1 atom stereocenters. The second-order valence-electron chi connectivity index (χ2n) is 3.57. The summed E-state index contributed by atoms with van der Waals surface area (Å²) < 4.78 is 9.95. The van der Waals surface area contributed by atoms with Crippen molar-refractivity contribution in [3.8, 4) is 0 Å². The molecule has 1 rings (SSSR count). The van der Waals surface area contributed by atoms with Gasteiger partial charge in [-0.25, -0.2) is 0 Å². The van der Waals surface area contributed by atoms with Gasteiger partial charge in [-0.3, -0.25) is 4.79 Å². The molecular weight excluding hydrogens is 200 g/mol. The smallest absolute Gasteiger partial charge is 0.309 e. The Labute approximate surface area is 89.5 Å².